The van der Waals surface area contributed by atoms with Crippen LogP contribution < -0.4 is 5.32 Å². The number of aromatic nitrogens is 1. The molecule has 1 heterocycles. The maximum absolute atomic E-state index is 13.7. The summed E-state index contributed by atoms with van der Waals surface area (Å²) in [7, 11) is 0. The van der Waals surface area contributed by atoms with Gasteiger partial charge in [-0.25, -0.2) is 4.98 Å². The van der Waals surface area contributed by atoms with Crippen molar-refractivity contribution in [2.24, 2.45) is 0 Å². The van der Waals surface area contributed by atoms with E-state index in [2.05, 4.69) is 5.32 Å². The Labute approximate surface area is 207 Å². The SMILES string of the molecule is O=C(O)CCCCc1cc2cc(CN[C@@H](c3ccccc3)C(F)(F)F)ccc2nc1-c1ccccc1. The first-order valence-electron chi connectivity index (χ1n) is 11.9. The average Bonchev–Trinajstić information content (AvgIpc) is 2.86. The number of hydrogen-bond acceptors (Lipinski definition) is 3. The molecule has 3 aromatic carbocycles. The Morgan fingerprint density at radius 3 is 2.28 bits per heavy atom. The molecule has 0 fully saturated rings. The molecule has 0 unspecified atom stereocenters. The van der Waals surface area contributed by atoms with Crippen LogP contribution in [0.2, 0.25) is 0 Å². The van der Waals surface area contributed by atoms with Gasteiger partial charge in [-0.3, -0.25) is 10.1 Å². The summed E-state index contributed by atoms with van der Waals surface area (Å²) in [6, 6.07) is 23.3. The van der Waals surface area contributed by atoms with E-state index in [0.29, 0.717) is 19.3 Å². The predicted molar refractivity (Wildman–Crippen MR) is 134 cm³/mol. The summed E-state index contributed by atoms with van der Waals surface area (Å²) in [5, 5.41) is 12.4. The average molecular weight is 493 g/mol. The number of nitrogens with zero attached hydrogens (tertiary/aromatic N) is 1. The Balaban J connectivity index is 1.60. The number of halogens is 3. The maximum Gasteiger partial charge on any atom is 0.407 e. The molecule has 2 N–H and O–H groups in total. The molecule has 0 spiro atoms. The van der Waals surface area contributed by atoms with E-state index >= 15 is 0 Å². The lowest BCUT2D eigenvalue weighted by Crippen LogP contribution is -2.33. The van der Waals surface area contributed by atoms with Gasteiger partial charge in [0.2, 0.25) is 0 Å². The van der Waals surface area contributed by atoms with Crippen molar-refractivity contribution >= 4 is 16.9 Å². The maximum atomic E-state index is 13.7. The number of nitrogens with one attached hydrogen (secondary N) is 1. The van der Waals surface area contributed by atoms with Crippen molar-refractivity contribution in [1.82, 2.24) is 10.3 Å². The lowest BCUT2D eigenvalue weighted by molar-refractivity contribution is -0.158. The van der Waals surface area contributed by atoms with Gasteiger partial charge >= 0.3 is 12.1 Å². The predicted octanol–water partition coefficient (Wildman–Crippen LogP) is 7.09. The van der Waals surface area contributed by atoms with Gasteiger partial charge < -0.3 is 5.11 Å². The van der Waals surface area contributed by atoms with Gasteiger partial charge in [0.15, 0.2) is 0 Å². The van der Waals surface area contributed by atoms with Crippen molar-refractivity contribution in [3.8, 4) is 11.3 Å². The van der Waals surface area contributed by atoms with Crippen LogP contribution in [0, 0.1) is 0 Å². The first-order valence-corrected chi connectivity index (χ1v) is 11.9. The van der Waals surface area contributed by atoms with Crippen LogP contribution in [-0.4, -0.2) is 22.2 Å². The standard InChI is InChI=1S/C29H27F3N2O2/c30-29(31,32)28(22-11-5-2-6-12-22)33-19-20-15-16-25-24(17-20)18-23(13-7-8-14-26(35)36)27(34-25)21-9-3-1-4-10-21/h1-6,9-12,15-18,28,33H,7-8,13-14,19H2,(H,35,36)/t28-/m0/s1. The number of alkyl halides is 3. The normalized spacial score (nSPS) is 12.5. The molecular weight excluding hydrogens is 465 g/mol. The molecule has 1 aromatic heterocycles. The summed E-state index contributed by atoms with van der Waals surface area (Å²) >= 11 is 0. The Morgan fingerprint density at radius 1 is 0.917 bits per heavy atom. The molecule has 0 saturated heterocycles. The third kappa shape index (κ3) is 6.49. The topological polar surface area (TPSA) is 62.2 Å². The minimum Gasteiger partial charge on any atom is -0.481 e. The van der Waals surface area contributed by atoms with Crippen molar-refractivity contribution in [1.29, 1.82) is 0 Å². The number of fused-ring (bicyclic) bond motifs is 1. The van der Waals surface area contributed by atoms with Crippen LogP contribution in [0.5, 0.6) is 0 Å². The Hall–Kier alpha value is -3.71. The number of aliphatic carboxylic acids is 1. The molecule has 36 heavy (non-hydrogen) atoms. The van der Waals surface area contributed by atoms with E-state index in [-0.39, 0.29) is 18.5 Å². The van der Waals surface area contributed by atoms with Crippen LogP contribution in [0.4, 0.5) is 13.2 Å². The van der Waals surface area contributed by atoms with Gasteiger partial charge in [-0.05, 0) is 54.2 Å². The van der Waals surface area contributed by atoms with Gasteiger partial charge in [-0.2, -0.15) is 13.2 Å². The molecule has 4 aromatic rings. The summed E-state index contributed by atoms with van der Waals surface area (Å²) in [6.45, 7) is 0.0450. The third-order valence-corrected chi connectivity index (χ3v) is 6.06. The summed E-state index contributed by atoms with van der Waals surface area (Å²) in [5.74, 6) is -0.820. The Morgan fingerprint density at radius 2 is 1.61 bits per heavy atom. The number of hydrogen-bond donors (Lipinski definition) is 2. The molecule has 0 saturated carbocycles. The van der Waals surface area contributed by atoms with E-state index in [0.717, 1.165) is 33.3 Å². The molecule has 0 amide bonds. The van der Waals surface area contributed by atoms with E-state index in [1.165, 1.54) is 12.1 Å². The molecular formula is C29H27F3N2O2. The molecule has 1 atom stereocenters. The zero-order chi connectivity index (χ0) is 25.5. The smallest absolute Gasteiger partial charge is 0.407 e. The first kappa shape index (κ1) is 25.4. The van der Waals surface area contributed by atoms with Crippen molar-refractivity contribution < 1.29 is 23.1 Å². The zero-order valence-corrected chi connectivity index (χ0v) is 19.6. The summed E-state index contributed by atoms with van der Waals surface area (Å²) < 4.78 is 41.1. The van der Waals surface area contributed by atoms with Gasteiger partial charge in [0.1, 0.15) is 6.04 Å². The van der Waals surface area contributed by atoms with Gasteiger partial charge in [0.05, 0.1) is 11.2 Å². The number of pyridine rings is 1. The second-order valence-corrected chi connectivity index (χ2v) is 8.76. The van der Waals surface area contributed by atoms with E-state index in [1.807, 2.05) is 48.5 Å². The Bertz CT molecular complexity index is 1310. The van der Waals surface area contributed by atoms with Crippen molar-refractivity contribution in [3.05, 3.63) is 102 Å². The third-order valence-electron chi connectivity index (χ3n) is 6.06. The fourth-order valence-corrected chi connectivity index (χ4v) is 4.30. The van der Waals surface area contributed by atoms with E-state index in [4.69, 9.17) is 10.1 Å². The highest BCUT2D eigenvalue weighted by Gasteiger charge is 2.40. The lowest BCUT2D eigenvalue weighted by Gasteiger charge is -2.22. The molecule has 0 aliphatic carbocycles. The lowest BCUT2D eigenvalue weighted by atomic mass is 9.98. The summed E-state index contributed by atoms with van der Waals surface area (Å²) in [5.41, 5.74) is 4.44. The first-order chi connectivity index (χ1) is 17.3. The van der Waals surface area contributed by atoms with E-state index < -0.39 is 18.2 Å². The molecule has 4 rings (SSSR count). The fourth-order valence-electron chi connectivity index (χ4n) is 4.30. The number of unbranched alkanes of at least 4 members (excludes halogenated alkanes) is 1. The van der Waals surface area contributed by atoms with Gasteiger partial charge in [0, 0.05) is 23.9 Å². The quantitative estimate of drug-likeness (QED) is 0.232. The van der Waals surface area contributed by atoms with Gasteiger partial charge in [-0.15, -0.1) is 0 Å². The molecule has 0 aliphatic heterocycles. The van der Waals surface area contributed by atoms with Crippen LogP contribution in [0.3, 0.4) is 0 Å². The molecule has 186 valence electrons. The highest BCUT2D eigenvalue weighted by molar-refractivity contribution is 5.84. The number of rotatable bonds is 10. The number of benzene rings is 3. The molecule has 0 aliphatic rings. The number of carboxylic acids is 1. The number of carboxylic acid groups (broad SMARTS) is 1. The summed E-state index contributed by atoms with van der Waals surface area (Å²) in [6.07, 6.45) is -2.39. The molecule has 7 heteroatoms. The van der Waals surface area contributed by atoms with Crippen molar-refractivity contribution in [2.45, 2.75) is 44.4 Å². The highest BCUT2D eigenvalue weighted by Crippen LogP contribution is 2.33. The van der Waals surface area contributed by atoms with Crippen LogP contribution in [-0.2, 0) is 17.8 Å². The number of aryl methyl sites for hydroxylation is 1. The number of carbonyl (C=O) groups is 1. The zero-order valence-electron chi connectivity index (χ0n) is 19.6. The second-order valence-electron chi connectivity index (χ2n) is 8.76. The van der Waals surface area contributed by atoms with Crippen molar-refractivity contribution in [2.75, 3.05) is 0 Å². The van der Waals surface area contributed by atoms with Gasteiger partial charge in [0.25, 0.3) is 0 Å². The minimum absolute atomic E-state index is 0.0450. The summed E-state index contributed by atoms with van der Waals surface area (Å²) in [4.78, 5) is 15.8. The molecule has 0 bridgehead atoms. The van der Waals surface area contributed by atoms with Crippen LogP contribution in [0.1, 0.15) is 42.0 Å². The molecule has 0 radical (unpaired) electrons. The Kier molecular flexibility index (Phi) is 8.00. The van der Waals surface area contributed by atoms with E-state index in [1.54, 1.807) is 24.3 Å². The van der Waals surface area contributed by atoms with Crippen molar-refractivity contribution in [3.63, 3.8) is 0 Å². The monoisotopic (exact) mass is 492 g/mol. The fraction of sp³-hybridized carbons (Fsp3) is 0.241. The largest absolute Gasteiger partial charge is 0.481 e. The van der Waals surface area contributed by atoms with Crippen LogP contribution in [0.25, 0.3) is 22.2 Å². The van der Waals surface area contributed by atoms with Crippen LogP contribution in [0.15, 0.2) is 84.9 Å². The highest BCUT2D eigenvalue weighted by atomic mass is 19.4. The van der Waals surface area contributed by atoms with E-state index in [9.17, 15) is 18.0 Å². The van der Waals surface area contributed by atoms with Crippen LogP contribution >= 0.6 is 0 Å². The van der Waals surface area contributed by atoms with Gasteiger partial charge in [-0.1, -0.05) is 66.7 Å². The molecule has 4 nitrogen and oxygen atoms in total. The minimum atomic E-state index is -4.42. The second kappa shape index (κ2) is 11.4.